The van der Waals surface area contributed by atoms with E-state index in [1.165, 1.54) is 6.07 Å². The average molecular weight is 191 g/mol. The molecular formula is C6H2ClF3Mg. The van der Waals surface area contributed by atoms with E-state index in [0.717, 1.165) is 6.07 Å². The van der Waals surface area contributed by atoms with Gasteiger partial charge in [-0.25, -0.2) is 8.78 Å². The summed E-state index contributed by atoms with van der Waals surface area (Å²) in [6.45, 7) is 0. The monoisotopic (exact) mass is 190 g/mol. The van der Waals surface area contributed by atoms with Crippen molar-refractivity contribution in [3.05, 3.63) is 35.7 Å². The number of benzene rings is 1. The Morgan fingerprint density at radius 3 is 2.00 bits per heavy atom. The molecule has 0 aliphatic heterocycles. The van der Waals surface area contributed by atoms with E-state index in [4.69, 9.17) is 0 Å². The number of hydrogen-bond acceptors (Lipinski definition) is 0. The summed E-state index contributed by atoms with van der Waals surface area (Å²) in [6, 6.07) is 3.04. The van der Waals surface area contributed by atoms with Crippen LogP contribution >= 0.6 is 0 Å². The maximum Gasteiger partial charge on any atom is 2.00 e. The molecule has 56 valence electrons. The van der Waals surface area contributed by atoms with Crippen molar-refractivity contribution in [2.24, 2.45) is 0 Å². The standard InChI is InChI=1S/C6H2F3.ClH.Mg/c7-4-1-2-5(8)6(9)3-4;;/h1-2H;1H;/q-1;;+2/p-1. The number of rotatable bonds is 0. The van der Waals surface area contributed by atoms with Crippen molar-refractivity contribution < 1.29 is 25.6 Å². The van der Waals surface area contributed by atoms with Crippen LogP contribution in [0.3, 0.4) is 0 Å². The van der Waals surface area contributed by atoms with E-state index in [9.17, 15) is 13.2 Å². The largest absolute Gasteiger partial charge is 2.00 e. The Morgan fingerprint density at radius 2 is 1.64 bits per heavy atom. The van der Waals surface area contributed by atoms with Gasteiger partial charge in [-0.15, -0.1) is 18.2 Å². The van der Waals surface area contributed by atoms with E-state index in [0.29, 0.717) is 6.07 Å². The SMILES string of the molecule is Fc1[c-]c(F)c(F)cc1.[Cl-].[Mg+2]. The van der Waals surface area contributed by atoms with Crippen LogP contribution in [0.2, 0.25) is 0 Å². The third-order valence-corrected chi connectivity index (χ3v) is 0.815. The Kier molecular flexibility index (Phi) is 7.05. The molecule has 1 aromatic carbocycles. The van der Waals surface area contributed by atoms with E-state index in [-0.39, 0.29) is 35.5 Å². The zero-order chi connectivity index (χ0) is 6.85. The quantitative estimate of drug-likeness (QED) is 0.266. The minimum Gasteiger partial charge on any atom is -1.00 e. The van der Waals surface area contributed by atoms with Crippen molar-refractivity contribution in [2.45, 2.75) is 0 Å². The summed E-state index contributed by atoms with van der Waals surface area (Å²) in [5, 5.41) is 0. The van der Waals surface area contributed by atoms with Gasteiger partial charge in [-0.3, -0.25) is 4.39 Å². The van der Waals surface area contributed by atoms with Gasteiger partial charge in [0.25, 0.3) is 0 Å². The second kappa shape index (κ2) is 5.68. The Balaban J connectivity index is 0. The zero-order valence-corrected chi connectivity index (χ0v) is 7.54. The minimum atomic E-state index is -1.28. The van der Waals surface area contributed by atoms with Gasteiger partial charge in [0.1, 0.15) is 0 Å². The molecule has 0 aliphatic carbocycles. The molecule has 0 fully saturated rings. The third kappa shape index (κ3) is 3.84. The summed E-state index contributed by atoms with van der Waals surface area (Å²) in [5.74, 6) is -3.26. The molecule has 0 heterocycles. The van der Waals surface area contributed by atoms with Crippen LogP contribution in [0.15, 0.2) is 12.1 Å². The predicted molar refractivity (Wildman–Crippen MR) is 30.9 cm³/mol. The van der Waals surface area contributed by atoms with Gasteiger partial charge in [-0.2, -0.15) is 0 Å². The topological polar surface area (TPSA) is 0 Å². The summed E-state index contributed by atoms with van der Waals surface area (Å²) in [5.41, 5.74) is 0. The summed E-state index contributed by atoms with van der Waals surface area (Å²) in [6.07, 6.45) is 0. The summed E-state index contributed by atoms with van der Waals surface area (Å²) in [4.78, 5) is 0. The second-order valence-corrected chi connectivity index (χ2v) is 1.47. The van der Waals surface area contributed by atoms with Crippen molar-refractivity contribution in [3.63, 3.8) is 0 Å². The maximum atomic E-state index is 11.9. The average Bonchev–Trinajstić information content (AvgIpc) is 1.80. The number of hydrogen-bond donors (Lipinski definition) is 0. The van der Waals surface area contributed by atoms with Gasteiger partial charge in [0, 0.05) is 17.5 Å². The van der Waals surface area contributed by atoms with E-state index < -0.39 is 17.5 Å². The first-order valence-electron chi connectivity index (χ1n) is 2.23. The molecule has 0 aliphatic rings. The fourth-order valence-electron chi connectivity index (χ4n) is 0.426. The van der Waals surface area contributed by atoms with Crippen LogP contribution in [-0.4, -0.2) is 23.1 Å². The Morgan fingerprint density at radius 1 is 1.09 bits per heavy atom. The zero-order valence-electron chi connectivity index (χ0n) is 5.37. The van der Waals surface area contributed by atoms with E-state index >= 15 is 0 Å². The molecule has 0 saturated heterocycles. The van der Waals surface area contributed by atoms with Gasteiger partial charge >= 0.3 is 23.1 Å². The molecule has 0 nitrogen and oxygen atoms in total. The maximum absolute atomic E-state index is 11.9. The van der Waals surface area contributed by atoms with Crippen LogP contribution in [0.1, 0.15) is 0 Å². The van der Waals surface area contributed by atoms with E-state index in [1.807, 2.05) is 0 Å². The molecule has 0 amide bonds. The summed E-state index contributed by atoms with van der Waals surface area (Å²) in [7, 11) is 0. The van der Waals surface area contributed by atoms with Gasteiger partial charge in [0.15, 0.2) is 0 Å². The molecule has 0 N–H and O–H groups in total. The fourth-order valence-corrected chi connectivity index (χ4v) is 0.426. The molecule has 5 heteroatoms. The molecule has 1 aromatic rings. The first-order chi connectivity index (χ1) is 4.20. The second-order valence-electron chi connectivity index (χ2n) is 1.47. The van der Waals surface area contributed by atoms with Crippen molar-refractivity contribution in [3.8, 4) is 0 Å². The van der Waals surface area contributed by atoms with Crippen LogP contribution in [0.5, 0.6) is 0 Å². The van der Waals surface area contributed by atoms with E-state index in [2.05, 4.69) is 0 Å². The molecule has 0 radical (unpaired) electrons. The number of halogens is 4. The molecule has 0 saturated carbocycles. The Hall–Kier alpha value is 0.0662. The Bertz CT molecular complexity index is 229. The van der Waals surface area contributed by atoms with E-state index in [1.54, 1.807) is 0 Å². The summed E-state index contributed by atoms with van der Waals surface area (Å²) < 4.78 is 35.7. The van der Waals surface area contributed by atoms with Gasteiger partial charge in [0.05, 0.1) is 0 Å². The van der Waals surface area contributed by atoms with Crippen molar-refractivity contribution in [2.75, 3.05) is 0 Å². The van der Waals surface area contributed by atoms with Gasteiger partial charge in [0.2, 0.25) is 0 Å². The van der Waals surface area contributed by atoms with Gasteiger partial charge in [-0.05, 0) is 0 Å². The molecule has 0 atom stereocenters. The van der Waals surface area contributed by atoms with Crippen LogP contribution < -0.4 is 12.4 Å². The molecule has 0 unspecified atom stereocenters. The third-order valence-electron chi connectivity index (χ3n) is 0.815. The molecule has 11 heavy (non-hydrogen) atoms. The molecular weight excluding hydrogens is 189 g/mol. The first kappa shape index (κ1) is 13.6. The van der Waals surface area contributed by atoms with Crippen molar-refractivity contribution in [1.29, 1.82) is 0 Å². The van der Waals surface area contributed by atoms with Crippen molar-refractivity contribution in [1.82, 2.24) is 0 Å². The summed E-state index contributed by atoms with van der Waals surface area (Å²) >= 11 is 0. The Labute approximate surface area is 84.4 Å². The van der Waals surface area contributed by atoms with Crippen LogP contribution in [0, 0.1) is 23.5 Å². The van der Waals surface area contributed by atoms with Crippen LogP contribution in [-0.2, 0) is 0 Å². The van der Waals surface area contributed by atoms with Crippen LogP contribution in [0.25, 0.3) is 0 Å². The predicted octanol–water partition coefficient (Wildman–Crippen LogP) is -1.47. The van der Waals surface area contributed by atoms with Gasteiger partial charge in [-0.1, -0.05) is 0 Å². The smallest absolute Gasteiger partial charge is 1.00 e. The molecule has 0 bridgehead atoms. The van der Waals surface area contributed by atoms with Gasteiger partial charge < -0.3 is 12.4 Å². The molecule has 1 rings (SSSR count). The first-order valence-corrected chi connectivity index (χ1v) is 2.23. The fraction of sp³-hybridized carbons (Fsp3) is 0. The van der Waals surface area contributed by atoms with Crippen molar-refractivity contribution >= 4 is 23.1 Å². The van der Waals surface area contributed by atoms with Crippen LogP contribution in [0.4, 0.5) is 13.2 Å². The molecule has 0 spiro atoms. The molecule has 0 aromatic heterocycles. The minimum absolute atomic E-state index is 0. The normalized spacial score (nSPS) is 7.91.